The predicted octanol–water partition coefficient (Wildman–Crippen LogP) is 11.0. The highest BCUT2D eigenvalue weighted by Crippen LogP contribution is 2.22. The fraction of sp³-hybridized carbons (Fsp3) is 0.824. The van der Waals surface area contributed by atoms with Crippen LogP contribution in [-0.2, 0) is 14.3 Å². The van der Waals surface area contributed by atoms with E-state index >= 15 is 0 Å². The second kappa shape index (κ2) is 41.2. The summed E-state index contributed by atoms with van der Waals surface area (Å²) in [6.07, 6.45) is 46.0. The van der Waals surface area contributed by atoms with Crippen LogP contribution >= 0.6 is 0 Å². The van der Waals surface area contributed by atoms with Gasteiger partial charge in [0.1, 0.15) is 24.4 Å². The number of aliphatic hydroxyl groups excluding tert-OH is 5. The third kappa shape index (κ3) is 31.1. The average Bonchev–Trinajstić information content (AvgIpc) is 3.25. The minimum absolute atomic E-state index is 0.202. The van der Waals surface area contributed by atoms with Gasteiger partial charge in [-0.1, -0.05) is 184 Å². The quantitative estimate of drug-likeness (QED) is 0.0263. The van der Waals surface area contributed by atoms with Crippen LogP contribution < -0.4 is 5.32 Å². The van der Waals surface area contributed by atoms with Crippen molar-refractivity contribution in [2.24, 2.45) is 0 Å². The molecule has 0 spiro atoms. The SMILES string of the molecule is CCCCC/C=C\CCCCCCCC(=O)NC(COC1OC(CO)C(O)C(O)C1O)C(O)/C=C/CC/C=C/CC/C=C/CCCCCCCCCCCCCCCCC. The Hall–Kier alpha value is -1.85. The van der Waals surface area contributed by atoms with Crippen LogP contribution in [0.1, 0.15) is 213 Å². The first-order valence-electron chi connectivity index (χ1n) is 24.9. The molecule has 7 unspecified atom stereocenters. The predicted molar refractivity (Wildman–Crippen MR) is 249 cm³/mol. The second-order valence-electron chi connectivity index (χ2n) is 17.2. The molecule has 9 nitrogen and oxygen atoms in total. The number of amides is 1. The molecule has 1 fully saturated rings. The van der Waals surface area contributed by atoms with Crippen LogP contribution in [0, 0.1) is 0 Å². The van der Waals surface area contributed by atoms with Crippen LogP contribution in [0.2, 0.25) is 0 Å². The lowest BCUT2D eigenvalue weighted by Crippen LogP contribution is -2.60. The topological polar surface area (TPSA) is 149 Å². The van der Waals surface area contributed by atoms with E-state index in [1.807, 2.05) is 6.08 Å². The van der Waals surface area contributed by atoms with Gasteiger partial charge in [-0.25, -0.2) is 0 Å². The molecule has 0 bridgehead atoms. The highest BCUT2D eigenvalue weighted by Gasteiger charge is 2.44. The number of hydrogen-bond donors (Lipinski definition) is 6. The summed E-state index contributed by atoms with van der Waals surface area (Å²) in [6, 6.07) is -0.832. The summed E-state index contributed by atoms with van der Waals surface area (Å²) in [5.41, 5.74) is 0. The third-order valence-electron chi connectivity index (χ3n) is 11.6. The molecule has 0 aromatic heterocycles. The molecule has 60 heavy (non-hydrogen) atoms. The number of hydrogen-bond acceptors (Lipinski definition) is 8. The van der Waals surface area contributed by atoms with Gasteiger partial charge in [0.05, 0.1) is 25.4 Å². The van der Waals surface area contributed by atoms with Crippen LogP contribution in [-0.4, -0.2) is 87.5 Å². The largest absolute Gasteiger partial charge is 0.394 e. The Bertz CT molecular complexity index is 1080. The van der Waals surface area contributed by atoms with Gasteiger partial charge in [0, 0.05) is 6.42 Å². The molecular weight excluding hydrogens is 755 g/mol. The second-order valence-corrected chi connectivity index (χ2v) is 17.2. The van der Waals surface area contributed by atoms with Gasteiger partial charge in [-0.05, 0) is 70.6 Å². The van der Waals surface area contributed by atoms with E-state index in [0.29, 0.717) is 6.42 Å². The summed E-state index contributed by atoms with van der Waals surface area (Å²) in [4.78, 5) is 12.9. The smallest absolute Gasteiger partial charge is 0.220 e. The zero-order chi connectivity index (χ0) is 43.7. The molecule has 1 aliphatic heterocycles. The maximum absolute atomic E-state index is 12.9. The first-order valence-corrected chi connectivity index (χ1v) is 24.9. The fourth-order valence-corrected chi connectivity index (χ4v) is 7.59. The maximum Gasteiger partial charge on any atom is 0.220 e. The fourth-order valence-electron chi connectivity index (χ4n) is 7.59. The highest BCUT2D eigenvalue weighted by atomic mass is 16.7. The Kier molecular flexibility index (Phi) is 38.5. The van der Waals surface area contributed by atoms with Crippen LogP contribution in [0.5, 0.6) is 0 Å². The van der Waals surface area contributed by atoms with Crippen molar-refractivity contribution in [3.05, 3.63) is 48.6 Å². The molecule has 6 N–H and O–H groups in total. The van der Waals surface area contributed by atoms with E-state index < -0.39 is 49.5 Å². The van der Waals surface area contributed by atoms with Gasteiger partial charge in [-0.3, -0.25) is 4.79 Å². The number of ether oxygens (including phenoxy) is 2. The zero-order valence-corrected chi connectivity index (χ0v) is 38.5. The van der Waals surface area contributed by atoms with Crippen LogP contribution in [0.15, 0.2) is 48.6 Å². The number of allylic oxidation sites excluding steroid dienone is 7. The molecule has 350 valence electrons. The van der Waals surface area contributed by atoms with Crippen LogP contribution in [0.4, 0.5) is 0 Å². The van der Waals surface area contributed by atoms with Crippen molar-refractivity contribution in [2.45, 2.75) is 256 Å². The Labute approximate surface area is 367 Å². The van der Waals surface area contributed by atoms with E-state index in [1.165, 1.54) is 122 Å². The summed E-state index contributed by atoms with van der Waals surface area (Å²) >= 11 is 0. The van der Waals surface area contributed by atoms with Gasteiger partial charge >= 0.3 is 0 Å². The third-order valence-corrected chi connectivity index (χ3v) is 11.6. The number of rotatable bonds is 41. The minimum Gasteiger partial charge on any atom is -0.394 e. The Balaban J connectivity index is 2.31. The van der Waals surface area contributed by atoms with Crippen molar-refractivity contribution in [1.82, 2.24) is 5.32 Å². The van der Waals surface area contributed by atoms with Gasteiger partial charge in [-0.15, -0.1) is 0 Å². The number of unbranched alkanes of at least 4 members (excludes halogenated alkanes) is 25. The molecule has 9 heteroatoms. The normalized spacial score (nSPS) is 20.9. The van der Waals surface area contributed by atoms with Crippen molar-refractivity contribution in [2.75, 3.05) is 13.2 Å². The van der Waals surface area contributed by atoms with Gasteiger partial charge in [0.2, 0.25) is 5.91 Å². The lowest BCUT2D eigenvalue weighted by molar-refractivity contribution is -0.302. The van der Waals surface area contributed by atoms with Crippen molar-refractivity contribution in [1.29, 1.82) is 0 Å². The molecule has 0 aliphatic carbocycles. The molecule has 1 aliphatic rings. The van der Waals surface area contributed by atoms with E-state index in [0.717, 1.165) is 70.6 Å². The first kappa shape index (κ1) is 56.2. The van der Waals surface area contributed by atoms with E-state index in [9.17, 15) is 30.3 Å². The lowest BCUT2D eigenvalue weighted by atomic mass is 9.99. The molecule has 0 saturated carbocycles. The molecule has 1 saturated heterocycles. The Morgan fingerprint density at radius 2 is 0.950 bits per heavy atom. The summed E-state index contributed by atoms with van der Waals surface area (Å²) in [6.45, 7) is 3.72. The van der Waals surface area contributed by atoms with E-state index in [-0.39, 0.29) is 12.5 Å². The van der Waals surface area contributed by atoms with Crippen molar-refractivity contribution in [3.63, 3.8) is 0 Å². The minimum atomic E-state index is -1.58. The molecule has 1 rings (SSSR count). The molecule has 1 heterocycles. The lowest BCUT2D eigenvalue weighted by Gasteiger charge is -2.40. The zero-order valence-electron chi connectivity index (χ0n) is 38.5. The van der Waals surface area contributed by atoms with Gasteiger partial charge in [0.15, 0.2) is 6.29 Å². The molecule has 7 atom stereocenters. The summed E-state index contributed by atoms with van der Waals surface area (Å²) in [5.74, 6) is -0.202. The van der Waals surface area contributed by atoms with Gasteiger partial charge in [-0.2, -0.15) is 0 Å². The summed E-state index contributed by atoms with van der Waals surface area (Å²) in [7, 11) is 0. The van der Waals surface area contributed by atoms with Gasteiger partial charge < -0.3 is 40.3 Å². The summed E-state index contributed by atoms with van der Waals surface area (Å²) in [5, 5.41) is 54.2. The van der Waals surface area contributed by atoms with Crippen molar-refractivity contribution >= 4 is 5.91 Å². The van der Waals surface area contributed by atoms with Gasteiger partial charge in [0.25, 0.3) is 0 Å². The number of carbonyl (C=O) groups excluding carboxylic acids is 1. The highest BCUT2D eigenvalue weighted by molar-refractivity contribution is 5.76. The number of aliphatic hydroxyl groups is 5. The summed E-state index contributed by atoms with van der Waals surface area (Å²) < 4.78 is 11.2. The average molecular weight is 848 g/mol. The molecule has 0 aromatic rings. The Morgan fingerprint density at radius 1 is 0.550 bits per heavy atom. The monoisotopic (exact) mass is 848 g/mol. The molecule has 1 amide bonds. The van der Waals surface area contributed by atoms with E-state index in [2.05, 4.69) is 55.6 Å². The van der Waals surface area contributed by atoms with Crippen molar-refractivity contribution in [3.8, 4) is 0 Å². The van der Waals surface area contributed by atoms with E-state index in [1.54, 1.807) is 6.08 Å². The number of nitrogens with one attached hydrogen (secondary N) is 1. The molecule has 0 aromatic carbocycles. The Morgan fingerprint density at radius 3 is 1.43 bits per heavy atom. The maximum atomic E-state index is 12.9. The molecular formula is C51H93NO8. The first-order chi connectivity index (χ1) is 29.3. The molecule has 0 radical (unpaired) electrons. The van der Waals surface area contributed by atoms with Crippen LogP contribution in [0.25, 0.3) is 0 Å². The van der Waals surface area contributed by atoms with Crippen molar-refractivity contribution < 1.29 is 39.8 Å². The van der Waals surface area contributed by atoms with Crippen LogP contribution in [0.3, 0.4) is 0 Å². The number of carbonyl (C=O) groups is 1. The standard InChI is InChI=1S/C51H93NO8/c1-3-5-7-9-11-13-15-17-18-19-20-21-22-23-24-25-26-27-28-29-30-32-34-36-38-40-45(54)44(43-59-51-50(58)49(57)48(56)46(42-53)60-51)52-47(55)41-39-37-35-33-31-16-14-12-10-8-6-4-2/h12,14,26-27,30,32,38,40,44-46,48-51,53-54,56-58H,3-11,13,15-25,28-29,31,33-37,39,41-43H2,1-2H3,(H,52,55)/b14-12-,27-26+,32-30+,40-38+. The van der Waals surface area contributed by atoms with E-state index in [4.69, 9.17) is 9.47 Å².